The first-order chi connectivity index (χ1) is 8.28. The molecule has 17 heavy (non-hydrogen) atoms. The molecule has 0 fully saturated rings. The minimum Gasteiger partial charge on any atom is -0.290 e. The minimum absolute atomic E-state index is 0.229. The van der Waals surface area contributed by atoms with E-state index in [4.69, 9.17) is 11.6 Å². The van der Waals surface area contributed by atoms with E-state index in [9.17, 15) is 4.39 Å². The molecular formula is C12H8ClFN2S. The number of rotatable bonds is 2. The fourth-order valence-electron chi connectivity index (χ4n) is 1.72. The lowest BCUT2D eigenvalue weighted by atomic mass is 10.2. The van der Waals surface area contributed by atoms with Crippen molar-refractivity contribution >= 4 is 27.9 Å². The van der Waals surface area contributed by atoms with Gasteiger partial charge in [-0.3, -0.25) is 4.40 Å². The first-order valence-electron chi connectivity index (χ1n) is 5.05. The maximum absolute atomic E-state index is 12.9. The van der Waals surface area contributed by atoms with E-state index in [0.717, 1.165) is 21.9 Å². The fourth-order valence-corrected chi connectivity index (χ4v) is 2.75. The van der Waals surface area contributed by atoms with Crippen molar-refractivity contribution in [3.05, 3.63) is 47.4 Å². The molecule has 0 N–H and O–H groups in total. The number of nitrogens with zero attached hydrogens (tertiary/aromatic N) is 2. The van der Waals surface area contributed by atoms with E-state index in [0.29, 0.717) is 5.88 Å². The van der Waals surface area contributed by atoms with Gasteiger partial charge in [0.2, 0.25) is 0 Å². The lowest BCUT2D eigenvalue weighted by Gasteiger charge is -1.98. The second-order valence-electron chi connectivity index (χ2n) is 3.65. The van der Waals surface area contributed by atoms with Crippen LogP contribution in [0.3, 0.4) is 0 Å². The van der Waals surface area contributed by atoms with Gasteiger partial charge in [-0.1, -0.05) is 0 Å². The van der Waals surface area contributed by atoms with E-state index in [1.165, 1.54) is 12.1 Å². The highest BCUT2D eigenvalue weighted by atomic mass is 35.5. The van der Waals surface area contributed by atoms with Crippen LogP contribution >= 0.6 is 22.9 Å². The first-order valence-corrected chi connectivity index (χ1v) is 6.47. The molecule has 0 saturated heterocycles. The van der Waals surface area contributed by atoms with Crippen molar-refractivity contribution in [1.82, 2.24) is 9.38 Å². The van der Waals surface area contributed by atoms with E-state index in [1.807, 2.05) is 16.0 Å². The highest BCUT2D eigenvalue weighted by molar-refractivity contribution is 7.15. The highest BCUT2D eigenvalue weighted by Gasteiger charge is 2.09. The number of imidazole rings is 1. The summed E-state index contributed by atoms with van der Waals surface area (Å²) in [6.07, 6.45) is 1.91. The van der Waals surface area contributed by atoms with E-state index < -0.39 is 0 Å². The zero-order valence-corrected chi connectivity index (χ0v) is 10.3. The number of hydrogen-bond acceptors (Lipinski definition) is 2. The Hall–Kier alpha value is -1.39. The maximum Gasteiger partial charge on any atom is 0.194 e. The van der Waals surface area contributed by atoms with Crippen LogP contribution in [0.2, 0.25) is 0 Å². The van der Waals surface area contributed by atoms with E-state index in [2.05, 4.69) is 4.98 Å². The van der Waals surface area contributed by atoms with Gasteiger partial charge in [-0.2, -0.15) is 0 Å². The first kappa shape index (κ1) is 10.7. The second-order valence-corrected chi connectivity index (χ2v) is 4.75. The lowest BCUT2D eigenvalue weighted by molar-refractivity contribution is 0.628. The molecule has 3 rings (SSSR count). The van der Waals surface area contributed by atoms with Crippen molar-refractivity contribution in [3.63, 3.8) is 0 Å². The molecule has 2 aromatic heterocycles. The van der Waals surface area contributed by atoms with Crippen LogP contribution < -0.4 is 0 Å². The highest BCUT2D eigenvalue weighted by Crippen LogP contribution is 2.26. The Morgan fingerprint density at radius 1 is 1.29 bits per heavy atom. The van der Waals surface area contributed by atoms with Gasteiger partial charge in [-0.15, -0.1) is 22.9 Å². The number of alkyl halides is 1. The maximum atomic E-state index is 12.9. The molecule has 0 unspecified atom stereocenters. The van der Waals surface area contributed by atoms with E-state index >= 15 is 0 Å². The molecule has 3 aromatic rings. The largest absolute Gasteiger partial charge is 0.290 e. The van der Waals surface area contributed by atoms with Gasteiger partial charge in [-0.25, -0.2) is 9.37 Å². The standard InChI is InChI=1S/C12H8ClFN2S/c13-5-10-6-16-11(7-17-12(16)15-10)8-1-3-9(14)4-2-8/h1-4,6-7H,5H2. The summed E-state index contributed by atoms with van der Waals surface area (Å²) in [4.78, 5) is 5.27. The zero-order valence-electron chi connectivity index (χ0n) is 8.73. The van der Waals surface area contributed by atoms with Crippen LogP contribution in [0.15, 0.2) is 35.8 Å². The van der Waals surface area contributed by atoms with Crippen LogP contribution in [-0.4, -0.2) is 9.38 Å². The van der Waals surface area contributed by atoms with Gasteiger partial charge in [0.05, 0.1) is 17.3 Å². The number of thiazole rings is 1. The Morgan fingerprint density at radius 3 is 2.76 bits per heavy atom. The summed E-state index contributed by atoms with van der Waals surface area (Å²) in [5, 5.41) is 2.01. The van der Waals surface area contributed by atoms with Crippen LogP contribution in [-0.2, 0) is 5.88 Å². The summed E-state index contributed by atoms with van der Waals surface area (Å²) in [6.45, 7) is 0. The van der Waals surface area contributed by atoms with Gasteiger partial charge in [0.1, 0.15) is 5.82 Å². The topological polar surface area (TPSA) is 17.3 Å². The molecule has 0 spiro atoms. The molecule has 2 nitrogen and oxygen atoms in total. The van der Waals surface area contributed by atoms with Crippen molar-refractivity contribution in [2.75, 3.05) is 0 Å². The van der Waals surface area contributed by atoms with Crippen molar-refractivity contribution in [3.8, 4) is 11.3 Å². The van der Waals surface area contributed by atoms with Gasteiger partial charge >= 0.3 is 0 Å². The lowest BCUT2D eigenvalue weighted by Crippen LogP contribution is -1.84. The molecule has 0 radical (unpaired) electrons. The second kappa shape index (κ2) is 4.13. The Bertz CT molecular complexity index is 657. The van der Waals surface area contributed by atoms with Crippen molar-refractivity contribution in [2.45, 2.75) is 5.88 Å². The van der Waals surface area contributed by atoms with Crippen LogP contribution in [0.1, 0.15) is 5.69 Å². The minimum atomic E-state index is -0.229. The average Bonchev–Trinajstić information content (AvgIpc) is 2.89. The predicted octanol–water partition coefficient (Wildman–Crippen LogP) is 3.94. The van der Waals surface area contributed by atoms with Gasteiger partial charge in [0, 0.05) is 11.6 Å². The summed E-state index contributed by atoms with van der Waals surface area (Å²) in [5.74, 6) is 0.171. The molecule has 0 saturated carbocycles. The molecular weight excluding hydrogens is 259 g/mol. The van der Waals surface area contributed by atoms with Crippen LogP contribution in [0.25, 0.3) is 16.2 Å². The molecule has 0 aliphatic carbocycles. The molecule has 0 aliphatic heterocycles. The molecule has 0 bridgehead atoms. The Kier molecular flexibility index (Phi) is 2.61. The third kappa shape index (κ3) is 1.83. The molecule has 0 amide bonds. The van der Waals surface area contributed by atoms with Crippen LogP contribution in [0.4, 0.5) is 4.39 Å². The Balaban J connectivity index is 2.16. The number of fused-ring (bicyclic) bond motifs is 1. The smallest absolute Gasteiger partial charge is 0.194 e. The van der Waals surface area contributed by atoms with Crippen molar-refractivity contribution in [1.29, 1.82) is 0 Å². The normalized spacial score (nSPS) is 11.2. The summed E-state index contributed by atoms with van der Waals surface area (Å²) >= 11 is 7.30. The predicted molar refractivity (Wildman–Crippen MR) is 68.0 cm³/mol. The van der Waals surface area contributed by atoms with Gasteiger partial charge in [0.15, 0.2) is 4.96 Å². The zero-order chi connectivity index (χ0) is 11.8. The summed E-state index contributed by atoms with van der Waals surface area (Å²) in [7, 11) is 0. The van der Waals surface area contributed by atoms with Crippen molar-refractivity contribution in [2.24, 2.45) is 0 Å². The number of halogens is 2. The molecule has 86 valence electrons. The van der Waals surface area contributed by atoms with Gasteiger partial charge in [0.25, 0.3) is 0 Å². The third-order valence-corrected chi connectivity index (χ3v) is 3.65. The van der Waals surface area contributed by atoms with Gasteiger partial charge < -0.3 is 0 Å². The van der Waals surface area contributed by atoms with Crippen LogP contribution in [0, 0.1) is 5.82 Å². The third-order valence-electron chi connectivity index (χ3n) is 2.54. The molecule has 2 heterocycles. The molecule has 0 atom stereocenters. The van der Waals surface area contributed by atoms with E-state index in [1.54, 1.807) is 23.5 Å². The number of hydrogen-bond donors (Lipinski definition) is 0. The SMILES string of the molecule is Fc1ccc(-c2csc3nc(CCl)cn23)cc1. The number of aromatic nitrogens is 2. The van der Waals surface area contributed by atoms with Crippen molar-refractivity contribution < 1.29 is 4.39 Å². The Morgan fingerprint density at radius 2 is 2.06 bits per heavy atom. The number of benzene rings is 1. The summed E-state index contributed by atoms with van der Waals surface area (Å²) in [5.41, 5.74) is 2.83. The monoisotopic (exact) mass is 266 g/mol. The molecule has 5 heteroatoms. The molecule has 1 aromatic carbocycles. The average molecular weight is 267 g/mol. The quantitative estimate of drug-likeness (QED) is 0.642. The Labute approximate surface area is 106 Å². The fraction of sp³-hybridized carbons (Fsp3) is 0.0833. The van der Waals surface area contributed by atoms with Crippen LogP contribution in [0.5, 0.6) is 0 Å². The van der Waals surface area contributed by atoms with E-state index in [-0.39, 0.29) is 5.82 Å². The van der Waals surface area contributed by atoms with Gasteiger partial charge in [-0.05, 0) is 29.8 Å². The summed E-state index contributed by atoms with van der Waals surface area (Å²) in [6, 6.07) is 6.44. The molecule has 0 aliphatic rings. The summed E-state index contributed by atoms with van der Waals surface area (Å²) < 4.78 is 14.8.